The molecule has 0 saturated heterocycles. The summed E-state index contributed by atoms with van der Waals surface area (Å²) in [5.41, 5.74) is 3.96. The molecule has 0 bridgehead atoms. The van der Waals surface area contributed by atoms with Gasteiger partial charge < -0.3 is 10.6 Å². The molecule has 0 aliphatic carbocycles. The molecule has 1 aromatic rings. The Morgan fingerprint density at radius 1 is 1.26 bits per heavy atom. The van der Waals surface area contributed by atoms with Gasteiger partial charge in [0.1, 0.15) is 0 Å². The molecule has 6 nitrogen and oxygen atoms in total. The fraction of sp³-hybridized carbons (Fsp3) is 0.412. The zero-order valence-electron chi connectivity index (χ0n) is 13.0. The van der Waals surface area contributed by atoms with E-state index < -0.39 is 0 Å². The summed E-state index contributed by atoms with van der Waals surface area (Å²) in [5, 5.41) is 14.5. The van der Waals surface area contributed by atoms with Gasteiger partial charge in [-0.05, 0) is 30.5 Å². The smallest absolute Gasteiger partial charge is 0.243 e. The number of fused-ring (bicyclic) bond motifs is 1. The van der Waals surface area contributed by atoms with Gasteiger partial charge in [-0.2, -0.15) is 0 Å². The summed E-state index contributed by atoms with van der Waals surface area (Å²) in [6.07, 6.45) is 6.16. The minimum absolute atomic E-state index is 0.0949. The van der Waals surface area contributed by atoms with Gasteiger partial charge in [-0.3, -0.25) is 14.8 Å². The first-order chi connectivity index (χ1) is 11.2. The monoisotopic (exact) mass is 317 g/mol. The lowest BCUT2D eigenvalue weighted by Crippen LogP contribution is -2.22. The van der Waals surface area contributed by atoms with Crippen molar-refractivity contribution in [2.24, 2.45) is 0 Å². The predicted molar refractivity (Wildman–Crippen MR) is 88.2 cm³/mol. The summed E-state index contributed by atoms with van der Waals surface area (Å²) in [7, 11) is 0. The van der Waals surface area contributed by atoms with E-state index in [1.807, 2.05) is 24.3 Å². The number of benzene rings is 1. The third-order valence-corrected chi connectivity index (χ3v) is 3.86. The van der Waals surface area contributed by atoms with E-state index in [4.69, 9.17) is 5.21 Å². The van der Waals surface area contributed by atoms with Crippen molar-refractivity contribution in [1.29, 1.82) is 0 Å². The van der Waals surface area contributed by atoms with Crippen LogP contribution in [0.15, 0.2) is 36.4 Å². The normalized spacial score (nSPS) is 16.0. The van der Waals surface area contributed by atoms with Gasteiger partial charge in [0.15, 0.2) is 0 Å². The average molecular weight is 317 g/mol. The molecule has 124 valence electrons. The third-order valence-electron chi connectivity index (χ3n) is 3.86. The molecule has 2 amide bonds. The number of carbonyl (C=O) groups is 2. The molecule has 0 saturated carbocycles. The lowest BCUT2D eigenvalue weighted by Gasteiger charge is -2.05. The van der Waals surface area contributed by atoms with E-state index in [1.165, 1.54) is 5.56 Å². The molecule has 2 rings (SSSR count). The standard InChI is InChI=1S/C17H23N3O3/c21-16(18-11-5-1-2-8-17(22)20-23)10-9-13-12-19-15-7-4-3-6-14(13)15/h3-4,6-7,9-10,13,19,23H,1-2,5,8,11-12H2,(H,18,21)(H,20,22)/b10-9+. The molecule has 1 aromatic carbocycles. The lowest BCUT2D eigenvalue weighted by atomic mass is 10.0. The van der Waals surface area contributed by atoms with E-state index in [1.54, 1.807) is 11.6 Å². The SMILES string of the molecule is O=C(/C=C/C1CNc2ccccc21)NCCCCCC(=O)NO. The Hall–Kier alpha value is -2.34. The van der Waals surface area contributed by atoms with Gasteiger partial charge >= 0.3 is 0 Å². The summed E-state index contributed by atoms with van der Waals surface area (Å²) in [5.74, 6) is -0.237. The van der Waals surface area contributed by atoms with Crippen molar-refractivity contribution in [3.63, 3.8) is 0 Å². The second-order valence-corrected chi connectivity index (χ2v) is 5.57. The van der Waals surface area contributed by atoms with Crippen LogP contribution >= 0.6 is 0 Å². The molecular formula is C17H23N3O3. The summed E-state index contributed by atoms with van der Waals surface area (Å²) >= 11 is 0. The van der Waals surface area contributed by atoms with Crippen molar-refractivity contribution in [3.8, 4) is 0 Å². The minimum Gasteiger partial charge on any atom is -0.384 e. The fourth-order valence-electron chi connectivity index (χ4n) is 2.60. The Kier molecular flexibility index (Phi) is 6.62. The predicted octanol–water partition coefficient (Wildman–Crippen LogP) is 1.93. The van der Waals surface area contributed by atoms with Crippen molar-refractivity contribution in [2.75, 3.05) is 18.4 Å². The van der Waals surface area contributed by atoms with Crippen molar-refractivity contribution in [3.05, 3.63) is 42.0 Å². The largest absolute Gasteiger partial charge is 0.384 e. The first kappa shape index (κ1) is 17.0. The van der Waals surface area contributed by atoms with E-state index >= 15 is 0 Å². The number of anilines is 1. The number of unbranched alkanes of at least 4 members (excludes halogenated alkanes) is 2. The number of nitrogens with one attached hydrogen (secondary N) is 3. The molecule has 0 spiro atoms. The van der Waals surface area contributed by atoms with Crippen LogP contribution in [-0.2, 0) is 9.59 Å². The molecule has 0 radical (unpaired) electrons. The molecular weight excluding hydrogens is 294 g/mol. The maximum atomic E-state index is 11.8. The van der Waals surface area contributed by atoms with E-state index in [-0.39, 0.29) is 17.7 Å². The second-order valence-electron chi connectivity index (χ2n) is 5.57. The Morgan fingerprint density at radius 2 is 2.09 bits per heavy atom. The highest BCUT2D eigenvalue weighted by Gasteiger charge is 2.18. The molecule has 1 heterocycles. The first-order valence-corrected chi connectivity index (χ1v) is 7.92. The van der Waals surface area contributed by atoms with Crippen LogP contribution < -0.4 is 16.1 Å². The molecule has 4 N–H and O–H groups in total. The third kappa shape index (κ3) is 5.41. The quantitative estimate of drug-likeness (QED) is 0.255. The number of hydrogen-bond donors (Lipinski definition) is 4. The second kappa shape index (κ2) is 8.95. The van der Waals surface area contributed by atoms with Crippen LogP contribution in [0.4, 0.5) is 5.69 Å². The van der Waals surface area contributed by atoms with E-state index in [0.717, 1.165) is 25.1 Å². The maximum Gasteiger partial charge on any atom is 0.243 e. The van der Waals surface area contributed by atoms with Gasteiger partial charge in [0.2, 0.25) is 11.8 Å². The van der Waals surface area contributed by atoms with Crippen LogP contribution in [-0.4, -0.2) is 30.1 Å². The molecule has 1 atom stereocenters. The highest BCUT2D eigenvalue weighted by molar-refractivity contribution is 5.87. The van der Waals surface area contributed by atoms with Gasteiger partial charge in [0.25, 0.3) is 0 Å². The minimum atomic E-state index is -0.373. The van der Waals surface area contributed by atoms with Crippen LogP contribution in [0.5, 0.6) is 0 Å². The summed E-state index contributed by atoms with van der Waals surface area (Å²) in [4.78, 5) is 22.6. The number of amides is 2. The van der Waals surface area contributed by atoms with Gasteiger partial charge in [-0.25, -0.2) is 5.48 Å². The Labute approximate surface area is 135 Å². The molecule has 23 heavy (non-hydrogen) atoms. The Bertz CT molecular complexity index is 572. The summed E-state index contributed by atoms with van der Waals surface area (Å²) < 4.78 is 0. The molecule has 1 unspecified atom stereocenters. The lowest BCUT2D eigenvalue weighted by molar-refractivity contribution is -0.129. The number of carbonyl (C=O) groups excluding carboxylic acids is 2. The van der Waals surface area contributed by atoms with E-state index in [2.05, 4.69) is 16.7 Å². The average Bonchev–Trinajstić information content (AvgIpc) is 2.99. The van der Waals surface area contributed by atoms with Crippen LogP contribution in [0.3, 0.4) is 0 Å². The first-order valence-electron chi connectivity index (χ1n) is 7.92. The Balaban J connectivity index is 1.63. The molecule has 0 aromatic heterocycles. The fourth-order valence-corrected chi connectivity index (χ4v) is 2.60. The maximum absolute atomic E-state index is 11.8. The number of hydroxylamine groups is 1. The van der Waals surface area contributed by atoms with Crippen molar-refractivity contribution >= 4 is 17.5 Å². The van der Waals surface area contributed by atoms with Gasteiger partial charge in [0, 0.05) is 31.1 Å². The van der Waals surface area contributed by atoms with Crippen molar-refractivity contribution < 1.29 is 14.8 Å². The Morgan fingerprint density at radius 3 is 2.91 bits per heavy atom. The number of hydrogen-bond acceptors (Lipinski definition) is 4. The zero-order chi connectivity index (χ0) is 16.5. The molecule has 6 heteroatoms. The summed E-state index contributed by atoms with van der Waals surface area (Å²) in [6, 6.07) is 8.11. The van der Waals surface area contributed by atoms with Gasteiger partial charge in [-0.1, -0.05) is 30.7 Å². The molecule has 1 aliphatic rings. The number of rotatable bonds is 8. The number of para-hydroxylation sites is 1. The van der Waals surface area contributed by atoms with Gasteiger partial charge in [0.05, 0.1) is 0 Å². The van der Waals surface area contributed by atoms with Crippen LogP contribution in [0.2, 0.25) is 0 Å². The van der Waals surface area contributed by atoms with E-state index in [9.17, 15) is 9.59 Å². The highest BCUT2D eigenvalue weighted by Crippen LogP contribution is 2.31. The van der Waals surface area contributed by atoms with Gasteiger partial charge in [-0.15, -0.1) is 0 Å². The van der Waals surface area contributed by atoms with Crippen LogP contribution in [0.25, 0.3) is 0 Å². The van der Waals surface area contributed by atoms with Crippen molar-refractivity contribution in [2.45, 2.75) is 31.6 Å². The molecule has 0 fully saturated rings. The van der Waals surface area contributed by atoms with Crippen LogP contribution in [0, 0.1) is 0 Å². The van der Waals surface area contributed by atoms with Crippen LogP contribution in [0.1, 0.15) is 37.2 Å². The summed E-state index contributed by atoms with van der Waals surface area (Å²) in [6.45, 7) is 1.40. The van der Waals surface area contributed by atoms with Crippen molar-refractivity contribution in [1.82, 2.24) is 10.8 Å². The molecule has 1 aliphatic heterocycles. The topological polar surface area (TPSA) is 90.5 Å². The zero-order valence-corrected chi connectivity index (χ0v) is 13.0. The highest BCUT2D eigenvalue weighted by atomic mass is 16.5. The van der Waals surface area contributed by atoms with E-state index in [0.29, 0.717) is 19.4 Å².